The molecule has 1 aromatic rings. The molecule has 0 radical (unpaired) electrons. The summed E-state index contributed by atoms with van der Waals surface area (Å²) in [4.78, 5) is 5.97. The maximum Gasteiger partial charge on any atom is 0.168 e. The number of pyridine rings is 1. The van der Waals surface area contributed by atoms with E-state index in [1.54, 1.807) is 0 Å². The second kappa shape index (κ2) is 5.40. The molecule has 0 bridgehead atoms. The van der Waals surface area contributed by atoms with Gasteiger partial charge in [-0.25, -0.2) is 13.8 Å². The summed E-state index contributed by atoms with van der Waals surface area (Å²) in [5.41, 5.74) is 0. The van der Waals surface area contributed by atoms with Crippen molar-refractivity contribution >= 4 is 5.82 Å². The minimum absolute atomic E-state index is 0.130. The number of likely N-dealkylation sites (N-methyl/N-ethyl adjacent to an activating group) is 1. The van der Waals surface area contributed by atoms with Gasteiger partial charge in [-0.3, -0.25) is 0 Å². The maximum absolute atomic E-state index is 13.3. The van der Waals surface area contributed by atoms with Gasteiger partial charge in [0.25, 0.3) is 0 Å². The van der Waals surface area contributed by atoms with Crippen LogP contribution in [0.3, 0.4) is 0 Å². The van der Waals surface area contributed by atoms with Crippen LogP contribution >= 0.6 is 0 Å². The van der Waals surface area contributed by atoms with Gasteiger partial charge in [0.1, 0.15) is 5.82 Å². The van der Waals surface area contributed by atoms with Crippen LogP contribution in [0.2, 0.25) is 0 Å². The Morgan fingerprint density at radius 2 is 2.29 bits per heavy atom. The quantitative estimate of drug-likeness (QED) is 0.879. The van der Waals surface area contributed by atoms with Crippen LogP contribution in [0.5, 0.6) is 0 Å². The topological polar surface area (TPSA) is 28.2 Å². The van der Waals surface area contributed by atoms with Crippen LogP contribution in [0.4, 0.5) is 14.6 Å². The van der Waals surface area contributed by atoms with Crippen LogP contribution in [-0.2, 0) is 0 Å². The number of rotatable bonds is 3. The van der Waals surface area contributed by atoms with E-state index in [2.05, 4.69) is 22.2 Å². The molecular weight excluding hydrogens is 224 g/mol. The van der Waals surface area contributed by atoms with Crippen LogP contribution in [0.15, 0.2) is 12.3 Å². The molecule has 1 fully saturated rings. The summed E-state index contributed by atoms with van der Waals surface area (Å²) in [5.74, 6) is -1.16. The highest BCUT2D eigenvalue weighted by Crippen LogP contribution is 2.16. The molecule has 0 aromatic carbocycles. The van der Waals surface area contributed by atoms with Gasteiger partial charge in [0, 0.05) is 18.7 Å². The third kappa shape index (κ3) is 3.12. The highest BCUT2D eigenvalue weighted by molar-refractivity contribution is 5.35. The summed E-state index contributed by atoms with van der Waals surface area (Å²) in [6, 6.07) is 1.25. The first-order chi connectivity index (χ1) is 8.16. The summed E-state index contributed by atoms with van der Waals surface area (Å²) in [6.07, 6.45) is 4.55. The van der Waals surface area contributed by atoms with E-state index in [0.717, 1.165) is 25.2 Å². The number of likely N-dealkylation sites (tertiary alicyclic amines) is 1. The van der Waals surface area contributed by atoms with E-state index in [-0.39, 0.29) is 5.82 Å². The number of halogens is 2. The van der Waals surface area contributed by atoms with Crippen molar-refractivity contribution < 1.29 is 8.78 Å². The van der Waals surface area contributed by atoms with E-state index in [1.165, 1.54) is 12.8 Å². The lowest BCUT2D eigenvalue weighted by molar-refractivity contribution is 0.194. The first-order valence-corrected chi connectivity index (χ1v) is 5.92. The van der Waals surface area contributed by atoms with Crippen LogP contribution in [0.1, 0.15) is 19.3 Å². The second-order valence-electron chi connectivity index (χ2n) is 4.50. The Labute approximate surface area is 99.8 Å². The van der Waals surface area contributed by atoms with E-state index >= 15 is 0 Å². The van der Waals surface area contributed by atoms with Gasteiger partial charge in [-0.2, -0.15) is 0 Å². The zero-order valence-corrected chi connectivity index (χ0v) is 9.92. The number of piperidine rings is 1. The van der Waals surface area contributed by atoms with Gasteiger partial charge in [0.05, 0.1) is 6.20 Å². The van der Waals surface area contributed by atoms with Crippen LogP contribution in [-0.4, -0.2) is 36.1 Å². The molecule has 1 aromatic heterocycles. The molecule has 1 unspecified atom stereocenters. The first kappa shape index (κ1) is 12.2. The fourth-order valence-electron chi connectivity index (χ4n) is 2.16. The van der Waals surface area contributed by atoms with Crippen molar-refractivity contribution in [1.29, 1.82) is 0 Å². The predicted molar refractivity (Wildman–Crippen MR) is 62.9 cm³/mol. The summed E-state index contributed by atoms with van der Waals surface area (Å²) in [6.45, 7) is 1.72. The average Bonchev–Trinajstić information content (AvgIpc) is 2.30. The minimum Gasteiger partial charge on any atom is -0.366 e. The van der Waals surface area contributed by atoms with Crippen molar-refractivity contribution in [3.05, 3.63) is 23.9 Å². The molecule has 0 saturated carbocycles. The van der Waals surface area contributed by atoms with E-state index in [9.17, 15) is 8.78 Å². The monoisotopic (exact) mass is 241 g/mol. The number of nitrogens with one attached hydrogen (secondary N) is 1. The number of hydrogen-bond acceptors (Lipinski definition) is 3. The van der Waals surface area contributed by atoms with Gasteiger partial charge >= 0.3 is 0 Å². The van der Waals surface area contributed by atoms with Gasteiger partial charge in [-0.15, -0.1) is 0 Å². The van der Waals surface area contributed by atoms with Crippen molar-refractivity contribution in [2.75, 3.05) is 25.5 Å². The van der Waals surface area contributed by atoms with E-state index in [1.807, 2.05) is 0 Å². The van der Waals surface area contributed by atoms with Crippen LogP contribution in [0.25, 0.3) is 0 Å². The van der Waals surface area contributed by atoms with Crippen molar-refractivity contribution in [3.8, 4) is 0 Å². The fraction of sp³-hybridized carbons (Fsp3) is 0.583. The number of aromatic nitrogens is 1. The normalized spacial score (nSPS) is 21.5. The van der Waals surface area contributed by atoms with Gasteiger partial charge in [-0.1, -0.05) is 6.42 Å². The Hall–Kier alpha value is -1.23. The number of nitrogens with zero attached hydrogens (tertiary/aromatic N) is 2. The third-order valence-corrected chi connectivity index (χ3v) is 3.23. The molecule has 17 heavy (non-hydrogen) atoms. The Balaban J connectivity index is 1.92. The van der Waals surface area contributed by atoms with Crippen molar-refractivity contribution in [1.82, 2.24) is 9.88 Å². The molecule has 1 aliphatic heterocycles. The van der Waals surface area contributed by atoms with Gasteiger partial charge in [0.15, 0.2) is 11.6 Å². The Morgan fingerprint density at radius 1 is 1.47 bits per heavy atom. The van der Waals surface area contributed by atoms with Crippen molar-refractivity contribution in [2.24, 2.45) is 0 Å². The summed E-state index contributed by atoms with van der Waals surface area (Å²) >= 11 is 0. The van der Waals surface area contributed by atoms with Crippen molar-refractivity contribution in [3.63, 3.8) is 0 Å². The average molecular weight is 241 g/mol. The van der Waals surface area contributed by atoms with E-state index in [4.69, 9.17) is 0 Å². The zero-order valence-electron chi connectivity index (χ0n) is 9.92. The molecule has 94 valence electrons. The van der Waals surface area contributed by atoms with E-state index in [0.29, 0.717) is 12.6 Å². The summed E-state index contributed by atoms with van der Waals surface area (Å²) in [7, 11) is 2.07. The third-order valence-electron chi connectivity index (χ3n) is 3.23. The van der Waals surface area contributed by atoms with Crippen LogP contribution in [0, 0.1) is 11.6 Å². The molecule has 2 heterocycles. The largest absolute Gasteiger partial charge is 0.366 e. The smallest absolute Gasteiger partial charge is 0.168 e. The lowest BCUT2D eigenvalue weighted by atomic mass is 10.0. The Kier molecular flexibility index (Phi) is 3.89. The lowest BCUT2D eigenvalue weighted by Gasteiger charge is -2.32. The molecule has 3 nitrogen and oxygen atoms in total. The van der Waals surface area contributed by atoms with Gasteiger partial charge in [-0.05, 0) is 26.4 Å². The molecule has 0 amide bonds. The minimum atomic E-state index is -0.650. The molecule has 1 aliphatic rings. The first-order valence-electron chi connectivity index (χ1n) is 5.92. The molecule has 0 aliphatic carbocycles. The lowest BCUT2D eigenvalue weighted by Crippen LogP contribution is -2.40. The Bertz CT molecular complexity index is 384. The molecule has 1 atom stereocenters. The Morgan fingerprint density at radius 3 is 3.00 bits per heavy atom. The fourth-order valence-corrected chi connectivity index (χ4v) is 2.16. The molecular formula is C12H17F2N3. The molecule has 5 heteroatoms. The second-order valence-corrected chi connectivity index (χ2v) is 4.50. The number of hydrogen-bond donors (Lipinski definition) is 1. The predicted octanol–water partition coefficient (Wildman–Crippen LogP) is 2.26. The summed E-state index contributed by atoms with van der Waals surface area (Å²) in [5, 5.41) is 2.95. The van der Waals surface area contributed by atoms with Crippen LogP contribution < -0.4 is 5.32 Å². The molecule has 0 spiro atoms. The van der Waals surface area contributed by atoms with E-state index < -0.39 is 11.6 Å². The van der Waals surface area contributed by atoms with Gasteiger partial charge < -0.3 is 10.2 Å². The SMILES string of the molecule is CN1CCCCC1CNc1ncc(F)cc1F. The molecule has 2 rings (SSSR count). The molecule has 1 saturated heterocycles. The standard InChI is InChI=1S/C12H17F2N3/c1-17-5-3-2-4-10(17)8-16-12-11(14)6-9(13)7-15-12/h6-7,10H,2-5,8H2,1H3,(H,15,16). The summed E-state index contributed by atoms with van der Waals surface area (Å²) < 4.78 is 26.0. The number of anilines is 1. The highest BCUT2D eigenvalue weighted by atomic mass is 19.1. The zero-order chi connectivity index (χ0) is 12.3. The maximum atomic E-state index is 13.3. The highest BCUT2D eigenvalue weighted by Gasteiger charge is 2.19. The van der Waals surface area contributed by atoms with Gasteiger partial charge in [0.2, 0.25) is 0 Å². The molecule has 1 N–H and O–H groups in total. The van der Waals surface area contributed by atoms with Crippen molar-refractivity contribution in [2.45, 2.75) is 25.3 Å².